The number of hydrogen-bond acceptors (Lipinski definition) is 11. The lowest BCUT2D eigenvalue weighted by molar-refractivity contribution is -0.231. The Labute approximate surface area is 166 Å². The summed E-state index contributed by atoms with van der Waals surface area (Å²) in [6, 6.07) is 2.70. The van der Waals surface area contributed by atoms with Gasteiger partial charge in [-0.2, -0.15) is 0 Å². The van der Waals surface area contributed by atoms with Gasteiger partial charge in [0.05, 0.1) is 17.6 Å². The van der Waals surface area contributed by atoms with E-state index in [2.05, 4.69) is 0 Å². The van der Waals surface area contributed by atoms with E-state index in [0.717, 1.165) is 18.2 Å². The Morgan fingerprint density at radius 1 is 0.833 bits per heavy atom. The molecule has 3 aromatic rings. The number of aromatic hydroxyl groups is 4. The minimum atomic E-state index is -1.80. The van der Waals surface area contributed by atoms with Crippen LogP contribution in [0.2, 0.25) is 0 Å². The van der Waals surface area contributed by atoms with E-state index < -0.39 is 76.5 Å². The fourth-order valence-electron chi connectivity index (χ4n) is 3.65. The van der Waals surface area contributed by atoms with Crippen LogP contribution in [0.5, 0.6) is 23.0 Å². The molecule has 2 aromatic carbocycles. The summed E-state index contributed by atoms with van der Waals surface area (Å²) in [4.78, 5) is 12.9. The predicted octanol–water partition coefficient (Wildman–Crippen LogP) is -0.717. The van der Waals surface area contributed by atoms with Crippen LogP contribution in [0.4, 0.5) is 0 Å². The van der Waals surface area contributed by atoms with Crippen molar-refractivity contribution in [1.29, 1.82) is 0 Å². The zero-order valence-electron chi connectivity index (χ0n) is 15.1. The maximum absolute atomic E-state index is 12.9. The van der Waals surface area contributed by atoms with Crippen LogP contribution in [-0.4, -0.2) is 71.9 Å². The number of hydrogen-bond donors (Lipinski definition) is 8. The van der Waals surface area contributed by atoms with Gasteiger partial charge in [-0.25, -0.2) is 0 Å². The summed E-state index contributed by atoms with van der Waals surface area (Å²) in [5.41, 5.74) is -1.77. The van der Waals surface area contributed by atoms with Crippen LogP contribution in [0, 0.1) is 0 Å². The Morgan fingerprint density at radius 2 is 1.50 bits per heavy atom. The highest BCUT2D eigenvalue weighted by atomic mass is 16.5. The first-order valence-corrected chi connectivity index (χ1v) is 8.83. The lowest BCUT2D eigenvalue weighted by atomic mass is 9.89. The van der Waals surface area contributed by atoms with Crippen molar-refractivity contribution in [2.24, 2.45) is 0 Å². The second kappa shape index (κ2) is 7.00. The quantitative estimate of drug-likeness (QED) is 0.191. The topological polar surface area (TPSA) is 201 Å². The number of ether oxygens (including phenoxy) is 1. The average Bonchev–Trinajstić information content (AvgIpc) is 2.69. The Morgan fingerprint density at radius 3 is 2.17 bits per heavy atom. The molecule has 0 radical (unpaired) electrons. The minimum absolute atomic E-state index is 0.182. The van der Waals surface area contributed by atoms with Gasteiger partial charge in [0.2, 0.25) is 5.43 Å². The molecule has 0 saturated carbocycles. The summed E-state index contributed by atoms with van der Waals surface area (Å²) in [7, 11) is 0. The van der Waals surface area contributed by atoms with Gasteiger partial charge in [-0.05, 0) is 6.07 Å². The maximum Gasteiger partial charge on any atom is 0.204 e. The number of phenolic OH excluding ortho intramolecular Hbond substituents is 4. The molecule has 1 aromatic heterocycles. The molecule has 1 fully saturated rings. The van der Waals surface area contributed by atoms with Crippen molar-refractivity contribution in [2.75, 3.05) is 6.61 Å². The highest BCUT2D eigenvalue weighted by Gasteiger charge is 2.46. The van der Waals surface area contributed by atoms with Crippen molar-refractivity contribution in [3.63, 3.8) is 0 Å². The van der Waals surface area contributed by atoms with Gasteiger partial charge >= 0.3 is 0 Å². The number of aliphatic hydroxyl groups excluding tert-OH is 4. The first kappa shape index (κ1) is 20.2. The van der Waals surface area contributed by atoms with Crippen LogP contribution in [0.15, 0.2) is 27.4 Å². The van der Waals surface area contributed by atoms with E-state index in [1.165, 1.54) is 0 Å². The molecule has 5 atom stereocenters. The fraction of sp³-hybridized carbons (Fsp3) is 0.316. The van der Waals surface area contributed by atoms with Crippen LogP contribution in [0.3, 0.4) is 0 Å². The number of aliphatic hydroxyl groups is 4. The van der Waals surface area contributed by atoms with Crippen molar-refractivity contribution in [2.45, 2.75) is 30.5 Å². The van der Waals surface area contributed by atoms with E-state index in [1.54, 1.807) is 0 Å². The van der Waals surface area contributed by atoms with Gasteiger partial charge in [0.15, 0.2) is 17.1 Å². The van der Waals surface area contributed by atoms with Crippen LogP contribution in [0.25, 0.3) is 21.9 Å². The van der Waals surface area contributed by atoms with Crippen LogP contribution >= 0.6 is 0 Å². The number of phenols is 4. The van der Waals surface area contributed by atoms with E-state index >= 15 is 0 Å². The van der Waals surface area contributed by atoms with Crippen molar-refractivity contribution >= 4 is 21.9 Å². The Kier molecular flexibility index (Phi) is 4.71. The van der Waals surface area contributed by atoms with E-state index in [4.69, 9.17) is 9.15 Å². The lowest BCUT2D eigenvalue weighted by Crippen LogP contribution is -2.55. The maximum atomic E-state index is 12.9. The highest BCUT2D eigenvalue weighted by molar-refractivity contribution is 5.96. The Bertz CT molecular complexity index is 1200. The molecule has 4 rings (SSSR count). The summed E-state index contributed by atoms with van der Waals surface area (Å²) in [5, 5.41) is 79.3. The molecule has 0 amide bonds. The second-order valence-corrected chi connectivity index (χ2v) is 7.05. The van der Waals surface area contributed by atoms with Crippen LogP contribution in [-0.2, 0) is 4.74 Å². The molecule has 8 N–H and O–H groups in total. The molecule has 11 nitrogen and oxygen atoms in total. The number of fused-ring (bicyclic) bond motifs is 2. The van der Waals surface area contributed by atoms with Crippen molar-refractivity contribution in [3.8, 4) is 23.0 Å². The largest absolute Gasteiger partial charge is 0.507 e. The van der Waals surface area contributed by atoms with Gasteiger partial charge in [-0.15, -0.1) is 0 Å². The Balaban J connectivity index is 2.05. The van der Waals surface area contributed by atoms with E-state index in [1.807, 2.05) is 0 Å². The zero-order chi connectivity index (χ0) is 21.9. The molecule has 30 heavy (non-hydrogen) atoms. The highest BCUT2D eigenvalue weighted by Crippen LogP contribution is 2.44. The van der Waals surface area contributed by atoms with Crippen molar-refractivity contribution in [3.05, 3.63) is 34.0 Å². The molecular formula is C19H18O11. The van der Waals surface area contributed by atoms with Gasteiger partial charge in [0.25, 0.3) is 0 Å². The molecule has 0 aliphatic carbocycles. The molecule has 0 bridgehead atoms. The van der Waals surface area contributed by atoms with Crippen molar-refractivity contribution < 1.29 is 50.0 Å². The average molecular weight is 422 g/mol. The van der Waals surface area contributed by atoms with Gasteiger partial charge < -0.3 is 50.0 Å². The van der Waals surface area contributed by atoms with Crippen LogP contribution in [0.1, 0.15) is 11.7 Å². The minimum Gasteiger partial charge on any atom is -0.507 e. The number of benzene rings is 2. The fourth-order valence-corrected chi connectivity index (χ4v) is 3.65. The zero-order valence-corrected chi connectivity index (χ0v) is 15.1. The summed E-state index contributed by atoms with van der Waals surface area (Å²) in [6.07, 6.45) is -8.08. The van der Waals surface area contributed by atoms with Crippen molar-refractivity contribution in [1.82, 2.24) is 0 Å². The third-order valence-corrected chi connectivity index (χ3v) is 5.21. The van der Waals surface area contributed by atoms with E-state index in [-0.39, 0.29) is 16.5 Å². The summed E-state index contributed by atoms with van der Waals surface area (Å²) in [6.45, 7) is -0.724. The molecule has 2 heterocycles. The smallest absolute Gasteiger partial charge is 0.204 e. The molecule has 1 saturated heterocycles. The van der Waals surface area contributed by atoms with Gasteiger partial charge in [-0.3, -0.25) is 4.79 Å². The first-order valence-electron chi connectivity index (χ1n) is 8.83. The molecule has 160 valence electrons. The third-order valence-electron chi connectivity index (χ3n) is 5.21. The monoisotopic (exact) mass is 422 g/mol. The molecule has 0 spiro atoms. The Hall–Kier alpha value is -3.09. The SMILES string of the molecule is O=c1c2cc(O)c(O)cc2oc2c([C@H]3O[C@@H](CO)[C@H](O)[C@@H](O)[C@@H]3O)c(O)cc(O)c12. The molecular weight excluding hydrogens is 404 g/mol. The summed E-state index contributed by atoms with van der Waals surface area (Å²) >= 11 is 0. The summed E-state index contributed by atoms with van der Waals surface area (Å²) in [5.74, 6) is -2.51. The first-order chi connectivity index (χ1) is 14.1. The molecule has 0 unspecified atom stereocenters. The summed E-state index contributed by atoms with van der Waals surface area (Å²) < 4.78 is 11.0. The predicted molar refractivity (Wildman–Crippen MR) is 99.4 cm³/mol. The standard InChI is InChI=1S/C19H18O11/c20-4-11-15(26)16(27)17(28)19(30-11)13-9(24)2-8(23)12-14(25)5-1-6(21)7(22)3-10(5)29-18(12)13/h1-3,11,15-17,19-24,26-28H,4H2/t11-,15-,16+,17-,19+/m0/s1. The second-order valence-electron chi connectivity index (χ2n) is 7.05. The van der Waals surface area contributed by atoms with Gasteiger partial charge in [0.1, 0.15) is 53.0 Å². The molecule has 11 heteroatoms. The van der Waals surface area contributed by atoms with Crippen LogP contribution < -0.4 is 5.43 Å². The molecule has 1 aliphatic rings. The van der Waals surface area contributed by atoms with Gasteiger partial charge in [-0.1, -0.05) is 0 Å². The number of rotatable bonds is 2. The molecule has 1 aliphatic heterocycles. The van der Waals surface area contributed by atoms with E-state index in [0.29, 0.717) is 0 Å². The normalized spacial score (nSPS) is 27.0. The van der Waals surface area contributed by atoms with E-state index in [9.17, 15) is 45.6 Å². The van der Waals surface area contributed by atoms with Gasteiger partial charge in [0, 0.05) is 12.1 Å². The third kappa shape index (κ3) is 2.83. The lowest BCUT2D eigenvalue weighted by Gasteiger charge is -2.40.